The van der Waals surface area contributed by atoms with Crippen LogP contribution in [0, 0.1) is 0 Å². The van der Waals surface area contributed by atoms with Gasteiger partial charge in [-0.1, -0.05) is 36.4 Å². The van der Waals surface area contributed by atoms with Crippen LogP contribution >= 0.6 is 11.3 Å². The number of morpholine rings is 1. The number of hydrogen-bond donors (Lipinski definition) is 1. The Balaban J connectivity index is 1.31. The third-order valence-electron chi connectivity index (χ3n) is 4.79. The lowest BCUT2D eigenvalue weighted by Gasteiger charge is -2.34. The number of amides is 1. The highest BCUT2D eigenvalue weighted by Crippen LogP contribution is 2.25. The van der Waals surface area contributed by atoms with E-state index < -0.39 is 0 Å². The molecule has 1 aliphatic heterocycles. The van der Waals surface area contributed by atoms with Gasteiger partial charge in [0.1, 0.15) is 5.75 Å². The van der Waals surface area contributed by atoms with Gasteiger partial charge < -0.3 is 9.47 Å². The molecule has 1 aliphatic rings. The Bertz CT molecular complexity index is 975. The van der Waals surface area contributed by atoms with Crippen molar-refractivity contribution in [2.75, 3.05) is 25.0 Å². The fraction of sp³-hybridized carbons (Fsp3) is 0.364. The Morgan fingerprint density at radius 3 is 2.79 bits per heavy atom. The smallest absolute Gasteiger partial charge is 0.264 e. The molecule has 0 unspecified atom stereocenters. The molecule has 1 saturated heterocycles. The monoisotopic (exact) mass is 411 g/mol. The number of thiazole rings is 1. The Morgan fingerprint density at radius 2 is 1.97 bits per heavy atom. The normalized spacial score (nSPS) is 19.9. The van der Waals surface area contributed by atoms with Crippen LogP contribution < -0.4 is 10.1 Å². The van der Waals surface area contributed by atoms with E-state index in [4.69, 9.17) is 9.47 Å². The molecule has 1 N–H and O–H groups in total. The summed E-state index contributed by atoms with van der Waals surface area (Å²) in [5, 5.41) is 7.50. The van der Waals surface area contributed by atoms with E-state index in [1.807, 2.05) is 47.8 Å². The van der Waals surface area contributed by atoms with E-state index in [1.165, 1.54) is 11.3 Å². The fourth-order valence-corrected chi connectivity index (χ4v) is 4.42. The molecule has 2 heterocycles. The summed E-state index contributed by atoms with van der Waals surface area (Å²) in [5.74, 6) is 0.487. The van der Waals surface area contributed by atoms with Crippen molar-refractivity contribution in [3.05, 3.63) is 53.5 Å². The van der Waals surface area contributed by atoms with Gasteiger partial charge in [0.2, 0.25) is 0 Å². The van der Waals surface area contributed by atoms with Gasteiger partial charge >= 0.3 is 0 Å². The second kappa shape index (κ2) is 8.90. The van der Waals surface area contributed by atoms with Gasteiger partial charge in [-0.15, -0.1) is 11.3 Å². The van der Waals surface area contributed by atoms with Crippen molar-refractivity contribution in [1.82, 2.24) is 9.88 Å². The molecule has 7 heteroatoms. The number of ether oxygens (including phenoxy) is 2. The Hall–Kier alpha value is -2.48. The molecule has 1 aromatic heterocycles. The number of carbonyl (C=O) groups excluding carboxylic acids is 1. The summed E-state index contributed by atoms with van der Waals surface area (Å²) in [6.45, 7) is 6.67. The van der Waals surface area contributed by atoms with Gasteiger partial charge in [-0.2, -0.15) is 0 Å². The molecule has 152 valence electrons. The van der Waals surface area contributed by atoms with Gasteiger partial charge in [0.25, 0.3) is 5.91 Å². The number of aromatic nitrogens is 1. The summed E-state index contributed by atoms with van der Waals surface area (Å²) in [7, 11) is 0. The molecular formula is C22H25N3O3S. The van der Waals surface area contributed by atoms with Crippen LogP contribution in [0.5, 0.6) is 5.75 Å². The number of benzene rings is 2. The molecule has 0 aliphatic carbocycles. The van der Waals surface area contributed by atoms with E-state index >= 15 is 0 Å². The summed E-state index contributed by atoms with van der Waals surface area (Å²) < 4.78 is 11.5. The fourth-order valence-electron chi connectivity index (χ4n) is 3.70. The average Bonchev–Trinajstić information content (AvgIpc) is 3.12. The van der Waals surface area contributed by atoms with Crippen LogP contribution in [0.4, 0.5) is 5.13 Å². The SMILES string of the molecule is C[C@@H]1CN(Cc2csc(NC(=O)COc3cccc4ccccc34)n2)C[C@@H](C)O1. The minimum atomic E-state index is -0.215. The van der Waals surface area contributed by atoms with Crippen molar-refractivity contribution in [3.8, 4) is 5.75 Å². The molecule has 29 heavy (non-hydrogen) atoms. The average molecular weight is 412 g/mol. The molecule has 0 radical (unpaired) electrons. The number of nitrogens with one attached hydrogen (secondary N) is 1. The minimum Gasteiger partial charge on any atom is -0.483 e. The maximum absolute atomic E-state index is 12.3. The molecule has 2 aromatic carbocycles. The van der Waals surface area contributed by atoms with Gasteiger partial charge in [0, 0.05) is 30.4 Å². The first kappa shape index (κ1) is 19.8. The summed E-state index contributed by atoms with van der Waals surface area (Å²) in [6, 6.07) is 13.8. The zero-order valence-electron chi connectivity index (χ0n) is 16.6. The predicted octanol–water partition coefficient (Wildman–Crippen LogP) is 3.92. The first-order valence-electron chi connectivity index (χ1n) is 9.79. The number of hydrogen-bond acceptors (Lipinski definition) is 6. The van der Waals surface area contributed by atoms with Crippen LogP contribution in [0.2, 0.25) is 0 Å². The Kier molecular flexibility index (Phi) is 6.08. The van der Waals surface area contributed by atoms with Crippen molar-refractivity contribution in [3.63, 3.8) is 0 Å². The highest BCUT2D eigenvalue weighted by atomic mass is 32.1. The van der Waals surface area contributed by atoms with Gasteiger partial charge in [-0.05, 0) is 25.3 Å². The van der Waals surface area contributed by atoms with E-state index in [0.29, 0.717) is 10.9 Å². The lowest BCUT2D eigenvalue weighted by molar-refractivity contribution is -0.118. The summed E-state index contributed by atoms with van der Waals surface area (Å²) >= 11 is 1.44. The first-order valence-corrected chi connectivity index (χ1v) is 10.7. The maximum Gasteiger partial charge on any atom is 0.264 e. The Morgan fingerprint density at radius 1 is 1.21 bits per heavy atom. The molecule has 2 atom stereocenters. The molecule has 0 spiro atoms. The number of rotatable bonds is 6. The second-order valence-electron chi connectivity index (χ2n) is 7.41. The van der Waals surface area contributed by atoms with Crippen molar-refractivity contribution >= 4 is 33.1 Å². The molecule has 4 rings (SSSR count). The van der Waals surface area contributed by atoms with Crippen LogP contribution in [0.1, 0.15) is 19.5 Å². The molecular weight excluding hydrogens is 386 g/mol. The number of carbonyl (C=O) groups is 1. The van der Waals surface area contributed by atoms with Crippen molar-refractivity contribution in [2.24, 2.45) is 0 Å². The third kappa shape index (κ3) is 5.12. The molecule has 0 bridgehead atoms. The zero-order valence-corrected chi connectivity index (χ0v) is 17.4. The van der Waals surface area contributed by atoms with Gasteiger partial charge in [-0.3, -0.25) is 15.0 Å². The van der Waals surface area contributed by atoms with E-state index in [2.05, 4.69) is 29.0 Å². The van der Waals surface area contributed by atoms with Crippen molar-refractivity contribution in [1.29, 1.82) is 0 Å². The number of nitrogens with zero attached hydrogens (tertiary/aromatic N) is 2. The van der Waals surface area contributed by atoms with Crippen molar-refractivity contribution < 1.29 is 14.3 Å². The zero-order chi connectivity index (χ0) is 20.2. The first-order chi connectivity index (χ1) is 14.1. The van der Waals surface area contributed by atoms with E-state index in [1.54, 1.807) is 0 Å². The van der Waals surface area contributed by atoms with Gasteiger partial charge in [0.05, 0.1) is 17.9 Å². The number of anilines is 1. The lowest BCUT2D eigenvalue weighted by Crippen LogP contribution is -2.44. The third-order valence-corrected chi connectivity index (χ3v) is 5.59. The maximum atomic E-state index is 12.3. The van der Waals surface area contributed by atoms with Crippen LogP contribution in [-0.2, 0) is 16.1 Å². The van der Waals surface area contributed by atoms with Crippen LogP contribution in [-0.4, -0.2) is 47.7 Å². The highest BCUT2D eigenvalue weighted by Gasteiger charge is 2.22. The standard InChI is InChI=1S/C22H25N3O3S/c1-15-10-25(11-16(2)28-15)12-18-14-29-22(23-18)24-21(26)13-27-20-9-5-7-17-6-3-4-8-19(17)20/h3-9,14-16H,10-13H2,1-2H3,(H,23,24,26)/t15-,16-/m1/s1. The molecule has 1 fully saturated rings. The van der Waals surface area contributed by atoms with Crippen LogP contribution in [0.15, 0.2) is 47.8 Å². The van der Waals surface area contributed by atoms with Crippen molar-refractivity contribution in [2.45, 2.75) is 32.6 Å². The molecule has 1 amide bonds. The summed E-state index contributed by atoms with van der Waals surface area (Å²) in [4.78, 5) is 19.2. The van der Waals surface area contributed by atoms with E-state index in [-0.39, 0.29) is 24.7 Å². The summed E-state index contributed by atoms with van der Waals surface area (Å²) in [6.07, 6.45) is 0.450. The quantitative estimate of drug-likeness (QED) is 0.666. The van der Waals surface area contributed by atoms with Crippen LogP contribution in [0.25, 0.3) is 10.8 Å². The molecule has 3 aromatic rings. The predicted molar refractivity (Wildman–Crippen MR) is 115 cm³/mol. The summed E-state index contributed by atoms with van der Waals surface area (Å²) in [5.41, 5.74) is 0.960. The van der Waals surface area contributed by atoms with Crippen LogP contribution in [0.3, 0.4) is 0 Å². The van der Waals surface area contributed by atoms with E-state index in [0.717, 1.165) is 36.1 Å². The Labute approximate surface area is 174 Å². The molecule has 0 saturated carbocycles. The van der Waals surface area contributed by atoms with Gasteiger partial charge in [0.15, 0.2) is 11.7 Å². The molecule has 6 nitrogen and oxygen atoms in total. The topological polar surface area (TPSA) is 63.7 Å². The highest BCUT2D eigenvalue weighted by molar-refractivity contribution is 7.13. The van der Waals surface area contributed by atoms with E-state index in [9.17, 15) is 4.79 Å². The van der Waals surface area contributed by atoms with Gasteiger partial charge in [-0.25, -0.2) is 4.98 Å². The number of fused-ring (bicyclic) bond motifs is 1. The largest absolute Gasteiger partial charge is 0.483 e. The minimum absolute atomic E-state index is 0.0542. The second-order valence-corrected chi connectivity index (χ2v) is 8.27. The lowest BCUT2D eigenvalue weighted by atomic mass is 10.1.